The Morgan fingerprint density at radius 2 is 1.88 bits per heavy atom. The molecule has 42 heavy (non-hydrogen) atoms. The van der Waals surface area contributed by atoms with E-state index >= 15 is 0 Å². The number of aliphatic carboxylic acids is 1. The first-order chi connectivity index (χ1) is 19.9. The maximum absolute atomic E-state index is 12.6. The van der Waals surface area contributed by atoms with Gasteiger partial charge in [0.25, 0.3) is 0 Å². The molecule has 0 fully saturated rings. The molecule has 0 saturated carbocycles. The van der Waals surface area contributed by atoms with Gasteiger partial charge in [0.15, 0.2) is 0 Å². The number of pyridine rings is 1. The zero-order valence-corrected chi connectivity index (χ0v) is 25.4. The molecule has 0 spiro atoms. The summed E-state index contributed by atoms with van der Waals surface area (Å²) < 4.78 is 6.19. The number of hydrogen-bond acceptors (Lipinski definition) is 7. The minimum atomic E-state index is -1.10. The average Bonchev–Trinajstić information content (AvgIpc) is 3.13. The van der Waals surface area contributed by atoms with Crippen LogP contribution in [0.3, 0.4) is 0 Å². The molecule has 8 nitrogen and oxygen atoms in total. The summed E-state index contributed by atoms with van der Waals surface area (Å²) in [6, 6.07) is 16.4. The standard InChI is InChI=1S/C34H41N5O3/c1-20-7-8-23(31(34(4,5)33(40)41)26-9-10-29(38(6)36)32(35)22(26)3)15-24(20)18-39-13-14-42-30-17-27-21(2)11-12-37-28(27)16-25(30)19-39/h7-12,15-17,31H,13-14,18-19,35-36H2,1-6H3,(H,40,41). The molecule has 4 aromatic rings. The number of carboxylic acid groups (broad SMARTS) is 1. The van der Waals surface area contributed by atoms with Crippen molar-refractivity contribution in [1.82, 2.24) is 9.88 Å². The van der Waals surface area contributed by atoms with Crippen molar-refractivity contribution in [2.45, 2.75) is 53.6 Å². The molecule has 0 aliphatic carbocycles. The number of carbonyl (C=O) groups is 1. The smallest absolute Gasteiger partial charge is 0.310 e. The van der Waals surface area contributed by atoms with Crippen LogP contribution in [0.5, 0.6) is 5.75 Å². The molecule has 220 valence electrons. The molecule has 1 unspecified atom stereocenters. The van der Waals surface area contributed by atoms with Crippen molar-refractivity contribution < 1.29 is 14.6 Å². The number of rotatable bonds is 7. The van der Waals surface area contributed by atoms with Crippen LogP contribution in [0.2, 0.25) is 0 Å². The van der Waals surface area contributed by atoms with Gasteiger partial charge in [0.05, 0.1) is 22.3 Å². The van der Waals surface area contributed by atoms with Crippen LogP contribution >= 0.6 is 0 Å². The van der Waals surface area contributed by atoms with Gasteiger partial charge in [-0.1, -0.05) is 24.3 Å². The van der Waals surface area contributed by atoms with Crippen molar-refractivity contribution in [2.75, 3.05) is 30.9 Å². The van der Waals surface area contributed by atoms with Crippen LogP contribution in [0.15, 0.2) is 54.7 Å². The summed E-state index contributed by atoms with van der Waals surface area (Å²) in [7, 11) is 1.74. The minimum Gasteiger partial charge on any atom is -0.492 e. The van der Waals surface area contributed by atoms with E-state index in [2.05, 4.69) is 48.0 Å². The van der Waals surface area contributed by atoms with E-state index in [1.165, 1.54) is 10.6 Å². The zero-order chi connectivity index (χ0) is 30.3. The summed E-state index contributed by atoms with van der Waals surface area (Å²) in [5.41, 5.74) is 14.9. The van der Waals surface area contributed by atoms with E-state index in [1.807, 2.05) is 37.4 Å². The lowest BCUT2D eigenvalue weighted by molar-refractivity contribution is -0.147. The highest BCUT2D eigenvalue weighted by Crippen LogP contribution is 2.45. The second-order valence-corrected chi connectivity index (χ2v) is 12.1. The van der Waals surface area contributed by atoms with Crippen molar-refractivity contribution in [3.63, 3.8) is 0 Å². The van der Waals surface area contributed by atoms with Crippen LogP contribution in [0, 0.1) is 26.2 Å². The number of nitrogens with zero attached hydrogens (tertiary/aromatic N) is 3. The summed E-state index contributed by atoms with van der Waals surface area (Å²) in [5.74, 6) is 5.61. The van der Waals surface area contributed by atoms with Gasteiger partial charge in [0, 0.05) is 49.7 Å². The molecule has 0 radical (unpaired) electrons. The third kappa shape index (κ3) is 5.40. The lowest BCUT2D eigenvalue weighted by Gasteiger charge is -2.34. The molecule has 2 heterocycles. The summed E-state index contributed by atoms with van der Waals surface area (Å²) >= 11 is 0. The van der Waals surface area contributed by atoms with Crippen LogP contribution in [-0.2, 0) is 17.9 Å². The molecule has 0 bridgehead atoms. The fourth-order valence-corrected chi connectivity index (χ4v) is 6.09. The van der Waals surface area contributed by atoms with Crippen molar-refractivity contribution in [1.29, 1.82) is 0 Å². The van der Waals surface area contributed by atoms with E-state index < -0.39 is 17.3 Å². The number of anilines is 2. The monoisotopic (exact) mass is 567 g/mol. The van der Waals surface area contributed by atoms with Crippen LogP contribution in [0.4, 0.5) is 11.4 Å². The predicted octanol–water partition coefficient (Wildman–Crippen LogP) is 5.69. The maximum Gasteiger partial charge on any atom is 0.310 e. The normalized spacial score (nSPS) is 14.6. The second-order valence-electron chi connectivity index (χ2n) is 12.1. The number of aromatic nitrogens is 1. The number of ether oxygens (including phenoxy) is 1. The van der Waals surface area contributed by atoms with Gasteiger partial charge in [0.2, 0.25) is 0 Å². The molecule has 0 saturated heterocycles. The molecular weight excluding hydrogens is 526 g/mol. The van der Waals surface area contributed by atoms with Gasteiger partial charge < -0.3 is 20.6 Å². The number of nitrogen functional groups attached to an aromatic ring is 1. The highest BCUT2D eigenvalue weighted by molar-refractivity contribution is 5.84. The molecule has 5 rings (SSSR count). The third-order valence-electron chi connectivity index (χ3n) is 8.80. The highest BCUT2D eigenvalue weighted by atomic mass is 16.5. The fourth-order valence-electron chi connectivity index (χ4n) is 6.09. The van der Waals surface area contributed by atoms with Gasteiger partial charge in [-0.3, -0.25) is 14.7 Å². The summed E-state index contributed by atoms with van der Waals surface area (Å²) in [5, 5.41) is 12.9. The number of hydrazine groups is 1. The van der Waals surface area contributed by atoms with E-state index in [1.54, 1.807) is 20.9 Å². The number of nitrogens with two attached hydrogens (primary N) is 2. The fraction of sp³-hybridized carbons (Fsp3) is 0.353. The maximum atomic E-state index is 12.6. The first kappa shape index (κ1) is 29.4. The topological polar surface area (TPSA) is 118 Å². The number of aryl methyl sites for hydroxylation is 2. The van der Waals surface area contributed by atoms with Gasteiger partial charge >= 0.3 is 5.97 Å². The molecule has 3 aromatic carbocycles. The van der Waals surface area contributed by atoms with Gasteiger partial charge in [-0.15, -0.1) is 0 Å². The van der Waals surface area contributed by atoms with Crippen LogP contribution in [0.25, 0.3) is 10.9 Å². The Balaban J connectivity index is 1.52. The molecule has 8 heteroatoms. The number of hydrogen-bond donors (Lipinski definition) is 3. The second kappa shape index (κ2) is 11.3. The highest BCUT2D eigenvalue weighted by Gasteiger charge is 2.40. The van der Waals surface area contributed by atoms with Gasteiger partial charge in [0.1, 0.15) is 12.4 Å². The van der Waals surface area contributed by atoms with Crippen molar-refractivity contribution in [3.05, 3.63) is 93.7 Å². The Morgan fingerprint density at radius 3 is 2.60 bits per heavy atom. The predicted molar refractivity (Wildman–Crippen MR) is 169 cm³/mol. The van der Waals surface area contributed by atoms with Crippen molar-refractivity contribution in [2.24, 2.45) is 11.3 Å². The quantitative estimate of drug-likeness (QED) is 0.148. The molecule has 5 N–H and O–H groups in total. The van der Waals surface area contributed by atoms with E-state index in [0.29, 0.717) is 24.5 Å². The van der Waals surface area contributed by atoms with Crippen LogP contribution in [0.1, 0.15) is 58.7 Å². The lowest BCUT2D eigenvalue weighted by atomic mass is 9.69. The summed E-state index contributed by atoms with van der Waals surface area (Å²) in [4.78, 5) is 19.6. The minimum absolute atomic E-state index is 0.428. The molecule has 1 aliphatic rings. The first-order valence-corrected chi connectivity index (χ1v) is 14.3. The molecule has 1 aromatic heterocycles. The Morgan fingerprint density at radius 1 is 1.12 bits per heavy atom. The molecule has 1 atom stereocenters. The molecule has 1 aliphatic heterocycles. The Bertz CT molecular complexity index is 1660. The van der Waals surface area contributed by atoms with Crippen molar-refractivity contribution in [3.8, 4) is 5.75 Å². The first-order valence-electron chi connectivity index (χ1n) is 14.3. The SMILES string of the molecule is Cc1ccc(C(c2ccc(N(C)N)c(N)c2C)C(C)(C)C(=O)O)cc1CN1CCOc2cc3c(C)ccnc3cc2C1. The van der Waals surface area contributed by atoms with Gasteiger partial charge in [-0.2, -0.15) is 0 Å². The zero-order valence-electron chi connectivity index (χ0n) is 25.4. The van der Waals surface area contributed by atoms with E-state index in [9.17, 15) is 9.90 Å². The van der Waals surface area contributed by atoms with Gasteiger partial charge in [-0.05, 0) is 92.3 Å². The summed E-state index contributed by atoms with van der Waals surface area (Å²) in [6.45, 7) is 12.5. The summed E-state index contributed by atoms with van der Waals surface area (Å²) in [6.07, 6.45) is 1.85. The Kier molecular flexibility index (Phi) is 7.88. The molecular formula is C34H41N5O3. The van der Waals surface area contributed by atoms with Crippen LogP contribution < -0.4 is 21.3 Å². The van der Waals surface area contributed by atoms with Crippen LogP contribution in [-0.4, -0.2) is 41.2 Å². The average molecular weight is 568 g/mol. The van der Waals surface area contributed by atoms with E-state index in [4.69, 9.17) is 16.3 Å². The van der Waals surface area contributed by atoms with Crippen molar-refractivity contribution >= 4 is 28.2 Å². The largest absolute Gasteiger partial charge is 0.492 e. The number of benzene rings is 3. The molecule has 0 amide bonds. The van der Waals surface area contributed by atoms with Gasteiger partial charge in [-0.25, -0.2) is 5.84 Å². The number of carboxylic acids is 1. The third-order valence-corrected chi connectivity index (χ3v) is 8.80. The van der Waals surface area contributed by atoms with E-state index in [-0.39, 0.29) is 0 Å². The Hall–Kier alpha value is -4.14. The van der Waals surface area contributed by atoms with E-state index in [0.717, 1.165) is 63.1 Å². The Labute approximate surface area is 247 Å². The lowest BCUT2D eigenvalue weighted by Crippen LogP contribution is -2.33. The number of fused-ring (bicyclic) bond motifs is 2.